The van der Waals surface area contributed by atoms with Crippen LogP contribution in [0.15, 0.2) is 30.3 Å². The number of anilines is 1. The molecule has 102 valence electrons. The monoisotopic (exact) mass is 248 g/mol. The number of nitrogens with zero attached hydrogens (tertiary/aromatic N) is 1. The quantitative estimate of drug-likeness (QED) is 0.828. The van der Waals surface area contributed by atoms with E-state index in [0.29, 0.717) is 5.92 Å². The molecule has 18 heavy (non-hydrogen) atoms. The Morgan fingerprint density at radius 2 is 1.78 bits per heavy atom. The van der Waals surface area contributed by atoms with Gasteiger partial charge in [0, 0.05) is 24.3 Å². The maximum atomic E-state index is 3.58. The predicted octanol–water partition coefficient (Wildman–Crippen LogP) is 3.54. The molecule has 0 aliphatic heterocycles. The van der Waals surface area contributed by atoms with Crippen molar-refractivity contribution in [3.05, 3.63) is 30.3 Å². The van der Waals surface area contributed by atoms with Gasteiger partial charge in [0.2, 0.25) is 0 Å². The van der Waals surface area contributed by atoms with Crippen LogP contribution in [0.3, 0.4) is 0 Å². The highest BCUT2D eigenvalue weighted by atomic mass is 15.1. The van der Waals surface area contributed by atoms with E-state index in [4.69, 9.17) is 0 Å². The topological polar surface area (TPSA) is 15.3 Å². The Morgan fingerprint density at radius 3 is 2.28 bits per heavy atom. The Morgan fingerprint density at radius 1 is 1.17 bits per heavy atom. The summed E-state index contributed by atoms with van der Waals surface area (Å²) in [6.07, 6.45) is 0. The number of hydrogen-bond donors (Lipinski definition) is 1. The first-order valence-corrected chi connectivity index (χ1v) is 6.97. The Hall–Kier alpha value is -1.02. The molecule has 1 rings (SSSR count). The van der Waals surface area contributed by atoms with E-state index in [9.17, 15) is 0 Å². The summed E-state index contributed by atoms with van der Waals surface area (Å²) in [7, 11) is 0. The van der Waals surface area contributed by atoms with Gasteiger partial charge in [-0.1, -0.05) is 25.1 Å². The molecule has 1 atom stereocenters. The van der Waals surface area contributed by atoms with Crippen LogP contribution in [0.1, 0.15) is 34.6 Å². The number of para-hydroxylation sites is 1. The fourth-order valence-corrected chi connectivity index (χ4v) is 1.98. The predicted molar refractivity (Wildman–Crippen MR) is 81.2 cm³/mol. The highest BCUT2D eigenvalue weighted by molar-refractivity contribution is 5.45. The zero-order valence-electron chi connectivity index (χ0n) is 12.5. The smallest absolute Gasteiger partial charge is 0.0366 e. The molecule has 0 aromatic heterocycles. The van der Waals surface area contributed by atoms with E-state index < -0.39 is 0 Å². The number of hydrogen-bond acceptors (Lipinski definition) is 2. The first kappa shape index (κ1) is 15.0. The van der Waals surface area contributed by atoms with Crippen LogP contribution in [0, 0.1) is 5.92 Å². The van der Waals surface area contributed by atoms with E-state index in [1.165, 1.54) is 5.69 Å². The average molecular weight is 248 g/mol. The molecule has 0 fully saturated rings. The number of benzene rings is 1. The summed E-state index contributed by atoms with van der Waals surface area (Å²) in [6, 6.07) is 10.7. The molecule has 0 bridgehead atoms. The van der Waals surface area contributed by atoms with E-state index >= 15 is 0 Å². The zero-order valence-corrected chi connectivity index (χ0v) is 12.5. The van der Waals surface area contributed by atoms with E-state index in [1.807, 2.05) is 0 Å². The lowest BCUT2D eigenvalue weighted by molar-refractivity contribution is 0.382. The fraction of sp³-hybridized carbons (Fsp3) is 0.625. The SMILES string of the molecule is CCN(CC(C)CNC(C)(C)C)c1ccccc1. The Bertz CT molecular complexity index is 327. The second-order valence-corrected chi connectivity index (χ2v) is 6.11. The van der Waals surface area contributed by atoms with Gasteiger partial charge >= 0.3 is 0 Å². The highest BCUT2D eigenvalue weighted by Crippen LogP contribution is 2.14. The molecule has 2 heteroatoms. The van der Waals surface area contributed by atoms with Gasteiger partial charge in [-0.05, 0) is 52.3 Å². The van der Waals surface area contributed by atoms with Gasteiger partial charge < -0.3 is 10.2 Å². The van der Waals surface area contributed by atoms with Crippen molar-refractivity contribution in [2.75, 3.05) is 24.5 Å². The largest absolute Gasteiger partial charge is 0.371 e. The van der Waals surface area contributed by atoms with Gasteiger partial charge in [0.05, 0.1) is 0 Å². The minimum atomic E-state index is 0.206. The standard InChI is InChI=1S/C16H28N2/c1-6-18(15-10-8-7-9-11-15)13-14(2)12-17-16(3,4)5/h7-11,14,17H,6,12-13H2,1-5H3. The van der Waals surface area contributed by atoms with Crippen molar-refractivity contribution < 1.29 is 0 Å². The van der Waals surface area contributed by atoms with Gasteiger partial charge in [0.25, 0.3) is 0 Å². The second-order valence-electron chi connectivity index (χ2n) is 6.11. The molecule has 1 aromatic carbocycles. The molecule has 2 nitrogen and oxygen atoms in total. The lowest BCUT2D eigenvalue weighted by Gasteiger charge is -2.29. The van der Waals surface area contributed by atoms with Crippen LogP contribution in [-0.2, 0) is 0 Å². The van der Waals surface area contributed by atoms with Gasteiger partial charge in [-0.25, -0.2) is 0 Å². The highest BCUT2D eigenvalue weighted by Gasteiger charge is 2.13. The lowest BCUT2D eigenvalue weighted by atomic mass is 10.1. The molecular formula is C16H28N2. The Labute approximate surface area is 112 Å². The minimum Gasteiger partial charge on any atom is -0.371 e. The van der Waals surface area contributed by atoms with Gasteiger partial charge in [-0.3, -0.25) is 0 Å². The first-order chi connectivity index (χ1) is 8.42. The van der Waals surface area contributed by atoms with Crippen molar-refractivity contribution >= 4 is 5.69 Å². The molecule has 1 unspecified atom stereocenters. The maximum Gasteiger partial charge on any atom is 0.0366 e. The minimum absolute atomic E-state index is 0.206. The summed E-state index contributed by atoms with van der Waals surface area (Å²) >= 11 is 0. The summed E-state index contributed by atoms with van der Waals surface area (Å²) < 4.78 is 0. The van der Waals surface area contributed by atoms with Gasteiger partial charge in [-0.2, -0.15) is 0 Å². The maximum absolute atomic E-state index is 3.58. The van der Waals surface area contributed by atoms with Gasteiger partial charge in [0.15, 0.2) is 0 Å². The van der Waals surface area contributed by atoms with E-state index in [0.717, 1.165) is 19.6 Å². The van der Waals surface area contributed by atoms with Gasteiger partial charge in [0.1, 0.15) is 0 Å². The molecule has 0 heterocycles. The third kappa shape index (κ3) is 5.54. The summed E-state index contributed by atoms with van der Waals surface area (Å²) in [6.45, 7) is 14.4. The molecule has 0 spiro atoms. The van der Waals surface area contributed by atoms with Crippen molar-refractivity contribution in [2.24, 2.45) is 5.92 Å². The third-order valence-electron chi connectivity index (χ3n) is 3.02. The molecule has 0 amide bonds. The normalized spacial score (nSPS) is 13.4. The summed E-state index contributed by atoms with van der Waals surface area (Å²) in [5.74, 6) is 0.643. The van der Waals surface area contributed by atoms with Crippen molar-refractivity contribution in [2.45, 2.75) is 40.2 Å². The first-order valence-electron chi connectivity index (χ1n) is 6.97. The average Bonchev–Trinajstić information content (AvgIpc) is 2.33. The van der Waals surface area contributed by atoms with Crippen LogP contribution in [0.5, 0.6) is 0 Å². The molecule has 0 saturated carbocycles. The summed E-state index contributed by atoms with van der Waals surface area (Å²) in [5.41, 5.74) is 1.53. The Balaban J connectivity index is 2.49. The fourth-order valence-electron chi connectivity index (χ4n) is 1.98. The Kier molecular flexibility index (Phi) is 5.67. The summed E-state index contributed by atoms with van der Waals surface area (Å²) in [5, 5.41) is 3.58. The molecule has 0 aliphatic carbocycles. The van der Waals surface area contributed by atoms with Crippen LogP contribution in [-0.4, -0.2) is 25.2 Å². The van der Waals surface area contributed by atoms with Crippen LogP contribution in [0.4, 0.5) is 5.69 Å². The summed E-state index contributed by atoms with van der Waals surface area (Å²) in [4.78, 5) is 2.44. The molecule has 0 aliphatic rings. The molecule has 1 aromatic rings. The third-order valence-corrected chi connectivity index (χ3v) is 3.02. The number of nitrogens with one attached hydrogen (secondary N) is 1. The van der Waals surface area contributed by atoms with Crippen molar-refractivity contribution in [3.63, 3.8) is 0 Å². The van der Waals surface area contributed by atoms with E-state index in [1.54, 1.807) is 0 Å². The van der Waals surface area contributed by atoms with Crippen molar-refractivity contribution in [1.29, 1.82) is 0 Å². The molecule has 0 radical (unpaired) electrons. The second kappa shape index (κ2) is 6.79. The zero-order chi connectivity index (χ0) is 13.6. The van der Waals surface area contributed by atoms with Crippen molar-refractivity contribution in [3.8, 4) is 0 Å². The van der Waals surface area contributed by atoms with Crippen LogP contribution >= 0.6 is 0 Å². The molecule has 0 saturated heterocycles. The number of rotatable bonds is 6. The van der Waals surface area contributed by atoms with E-state index in [2.05, 4.69) is 75.2 Å². The van der Waals surface area contributed by atoms with Crippen LogP contribution < -0.4 is 10.2 Å². The lowest BCUT2D eigenvalue weighted by Crippen LogP contribution is -2.41. The molecule has 1 N–H and O–H groups in total. The molecular weight excluding hydrogens is 220 g/mol. The van der Waals surface area contributed by atoms with Crippen LogP contribution in [0.2, 0.25) is 0 Å². The van der Waals surface area contributed by atoms with Crippen molar-refractivity contribution in [1.82, 2.24) is 5.32 Å². The van der Waals surface area contributed by atoms with E-state index in [-0.39, 0.29) is 5.54 Å². The van der Waals surface area contributed by atoms with Gasteiger partial charge in [-0.15, -0.1) is 0 Å². The van der Waals surface area contributed by atoms with Crippen LogP contribution in [0.25, 0.3) is 0 Å².